The van der Waals surface area contributed by atoms with Gasteiger partial charge in [0.2, 0.25) is 0 Å². The van der Waals surface area contributed by atoms with E-state index in [1.807, 2.05) is 13.1 Å². The average molecular weight is 473 g/mol. The summed E-state index contributed by atoms with van der Waals surface area (Å²) in [6.07, 6.45) is 3.30. The lowest BCUT2D eigenvalue weighted by Gasteiger charge is -2.10. The molecule has 0 saturated carbocycles. The van der Waals surface area contributed by atoms with Crippen LogP contribution in [-0.2, 0) is 16.1 Å². The maximum atomic E-state index is 13.4. The molecule has 2 N–H and O–H groups in total. The van der Waals surface area contributed by atoms with Crippen LogP contribution in [0.15, 0.2) is 52.8 Å². The molecule has 0 aliphatic heterocycles. The van der Waals surface area contributed by atoms with Crippen molar-refractivity contribution in [2.45, 2.75) is 19.9 Å². The Labute approximate surface area is 193 Å². The zero-order chi connectivity index (χ0) is 24.8. The minimum absolute atomic E-state index is 0.0309. The fourth-order valence-corrected chi connectivity index (χ4v) is 3.08. The fraction of sp³-hybridized carbons (Fsp3) is 0.217. The van der Waals surface area contributed by atoms with Crippen LogP contribution in [0.5, 0.6) is 5.75 Å². The van der Waals surface area contributed by atoms with E-state index < -0.39 is 23.4 Å². The lowest BCUT2D eigenvalue weighted by Crippen LogP contribution is -2.24. The molecule has 0 fully saturated rings. The summed E-state index contributed by atoms with van der Waals surface area (Å²) in [5.74, 6) is -4.52. The summed E-state index contributed by atoms with van der Waals surface area (Å²) < 4.78 is 51.9. The average Bonchev–Trinajstić information content (AvgIpc) is 3.25. The number of benzene rings is 2. The number of nitrogens with two attached hydrogens (primary N) is 1. The highest BCUT2D eigenvalue weighted by Gasteiger charge is 2.16. The monoisotopic (exact) mass is 473 g/mol. The van der Waals surface area contributed by atoms with Crippen LogP contribution in [0.25, 0.3) is 5.69 Å². The molecule has 2 aromatic carbocycles. The molecular formula is C23H22F3N5O3. The van der Waals surface area contributed by atoms with Crippen LogP contribution in [0.4, 0.5) is 18.9 Å². The second-order valence-corrected chi connectivity index (χ2v) is 7.19. The highest BCUT2D eigenvalue weighted by Crippen LogP contribution is 2.28. The van der Waals surface area contributed by atoms with Crippen LogP contribution < -0.4 is 10.5 Å². The van der Waals surface area contributed by atoms with Crippen molar-refractivity contribution in [2.24, 2.45) is 15.7 Å². The molecule has 11 heteroatoms. The standard InChI is InChI=1S/C23H22F3N5O3/c1-13-11-31(12-29-13)19-5-4-15(8-20(19)33-2)30-21(27)9-18(23(32)34-3)28-10-14-6-16(24)22(26)17(25)7-14/h4-8,11-12H,9-10H2,1-3H3,(H2,27,30). The number of nitrogens with zero attached hydrogens (tertiary/aromatic N) is 4. The lowest BCUT2D eigenvalue weighted by atomic mass is 10.2. The van der Waals surface area contributed by atoms with Crippen molar-refractivity contribution in [1.29, 1.82) is 0 Å². The maximum absolute atomic E-state index is 13.4. The van der Waals surface area contributed by atoms with Gasteiger partial charge in [-0.05, 0) is 36.8 Å². The van der Waals surface area contributed by atoms with Gasteiger partial charge in [0.1, 0.15) is 17.3 Å². The van der Waals surface area contributed by atoms with Crippen LogP contribution in [0, 0.1) is 24.4 Å². The molecule has 3 rings (SSSR count). The normalized spacial score (nSPS) is 12.1. The van der Waals surface area contributed by atoms with E-state index in [4.69, 9.17) is 15.2 Å². The molecule has 178 valence electrons. The molecule has 0 atom stereocenters. The minimum Gasteiger partial charge on any atom is -0.494 e. The van der Waals surface area contributed by atoms with Crippen LogP contribution >= 0.6 is 0 Å². The van der Waals surface area contributed by atoms with Gasteiger partial charge in [0.25, 0.3) is 0 Å². The van der Waals surface area contributed by atoms with Crippen LogP contribution in [-0.4, -0.2) is 41.3 Å². The zero-order valence-electron chi connectivity index (χ0n) is 18.7. The van der Waals surface area contributed by atoms with Gasteiger partial charge in [-0.3, -0.25) is 4.99 Å². The van der Waals surface area contributed by atoms with E-state index in [1.165, 1.54) is 7.11 Å². The fourth-order valence-electron chi connectivity index (χ4n) is 3.08. The SMILES string of the molecule is COC(=O)C(CC(N)=Nc1ccc(-n2cnc(C)c2)c(OC)c1)=NCc1cc(F)c(F)c(F)c1. The first-order valence-corrected chi connectivity index (χ1v) is 9.99. The number of aryl methyl sites for hydroxylation is 1. The van der Waals surface area contributed by atoms with E-state index >= 15 is 0 Å². The number of ether oxygens (including phenoxy) is 2. The molecule has 0 unspecified atom stereocenters. The van der Waals surface area contributed by atoms with Crippen molar-refractivity contribution in [3.05, 3.63) is 71.6 Å². The third-order valence-corrected chi connectivity index (χ3v) is 4.69. The summed E-state index contributed by atoms with van der Waals surface area (Å²) in [7, 11) is 2.67. The Balaban J connectivity index is 1.82. The molecule has 0 aliphatic carbocycles. The number of carbonyl (C=O) groups excluding carboxylic acids is 1. The van der Waals surface area contributed by atoms with Crippen molar-refractivity contribution in [3.63, 3.8) is 0 Å². The molecule has 0 spiro atoms. The molecule has 34 heavy (non-hydrogen) atoms. The summed E-state index contributed by atoms with van der Waals surface area (Å²) >= 11 is 0. The van der Waals surface area contributed by atoms with E-state index in [1.54, 1.807) is 29.1 Å². The molecule has 3 aromatic rings. The number of imidazole rings is 1. The second-order valence-electron chi connectivity index (χ2n) is 7.19. The van der Waals surface area contributed by atoms with Crippen molar-refractivity contribution in [2.75, 3.05) is 14.2 Å². The lowest BCUT2D eigenvalue weighted by molar-refractivity contribution is -0.132. The van der Waals surface area contributed by atoms with Crippen LogP contribution in [0.3, 0.4) is 0 Å². The zero-order valence-corrected chi connectivity index (χ0v) is 18.7. The molecule has 1 aromatic heterocycles. The number of amidine groups is 1. The topological polar surface area (TPSA) is 104 Å². The summed E-state index contributed by atoms with van der Waals surface area (Å²) in [4.78, 5) is 24.6. The number of methoxy groups -OCH3 is 2. The van der Waals surface area contributed by atoms with Gasteiger partial charge in [0.15, 0.2) is 17.5 Å². The van der Waals surface area contributed by atoms with Gasteiger partial charge in [0, 0.05) is 12.3 Å². The van der Waals surface area contributed by atoms with Gasteiger partial charge in [0.05, 0.1) is 50.6 Å². The van der Waals surface area contributed by atoms with Crippen molar-refractivity contribution in [3.8, 4) is 11.4 Å². The molecule has 0 saturated heterocycles. The molecule has 8 nitrogen and oxygen atoms in total. The Hall–Kier alpha value is -4.15. The van der Waals surface area contributed by atoms with Gasteiger partial charge in [-0.2, -0.15) is 0 Å². The summed E-state index contributed by atoms with van der Waals surface area (Å²) in [6, 6.07) is 6.74. The molecule has 1 heterocycles. The van der Waals surface area contributed by atoms with Gasteiger partial charge in [-0.25, -0.2) is 27.9 Å². The third kappa shape index (κ3) is 5.80. The summed E-state index contributed by atoms with van der Waals surface area (Å²) in [5.41, 5.74) is 7.98. The smallest absolute Gasteiger partial charge is 0.352 e. The third-order valence-electron chi connectivity index (χ3n) is 4.69. The molecule has 0 radical (unpaired) electrons. The Morgan fingerprint density at radius 1 is 1.15 bits per heavy atom. The second kappa shape index (κ2) is 10.6. The Morgan fingerprint density at radius 2 is 1.85 bits per heavy atom. The number of carbonyl (C=O) groups is 1. The van der Waals surface area contributed by atoms with Gasteiger partial charge >= 0.3 is 5.97 Å². The number of esters is 1. The van der Waals surface area contributed by atoms with E-state index in [0.29, 0.717) is 11.4 Å². The minimum atomic E-state index is -1.58. The van der Waals surface area contributed by atoms with Crippen LogP contribution in [0.2, 0.25) is 0 Å². The van der Waals surface area contributed by atoms with Crippen LogP contribution in [0.1, 0.15) is 17.7 Å². The summed E-state index contributed by atoms with van der Waals surface area (Å²) in [6.45, 7) is 1.57. The van der Waals surface area contributed by atoms with E-state index in [0.717, 1.165) is 30.6 Å². The van der Waals surface area contributed by atoms with Crippen molar-refractivity contribution >= 4 is 23.2 Å². The first-order chi connectivity index (χ1) is 16.2. The number of hydrogen-bond acceptors (Lipinski definition) is 6. The maximum Gasteiger partial charge on any atom is 0.352 e. The number of aliphatic imine (C=N–C) groups is 2. The molecule has 0 bridgehead atoms. The number of rotatable bonds is 8. The van der Waals surface area contributed by atoms with E-state index in [9.17, 15) is 18.0 Å². The predicted molar refractivity (Wildman–Crippen MR) is 120 cm³/mol. The van der Waals surface area contributed by atoms with Crippen molar-refractivity contribution < 1.29 is 27.4 Å². The van der Waals surface area contributed by atoms with Crippen molar-refractivity contribution in [1.82, 2.24) is 9.55 Å². The number of hydrogen-bond donors (Lipinski definition) is 1. The van der Waals surface area contributed by atoms with E-state index in [-0.39, 0.29) is 30.1 Å². The largest absolute Gasteiger partial charge is 0.494 e. The summed E-state index contributed by atoms with van der Waals surface area (Å²) in [5, 5.41) is 0. The predicted octanol–water partition coefficient (Wildman–Crippen LogP) is 3.80. The highest BCUT2D eigenvalue weighted by atomic mass is 19.2. The Bertz CT molecular complexity index is 1250. The Morgan fingerprint density at radius 3 is 2.44 bits per heavy atom. The van der Waals surface area contributed by atoms with Gasteiger partial charge < -0.3 is 19.8 Å². The van der Waals surface area contributed by atoms with E-state index in [2.05, 4.69) is 15.0 Å². The quantitative estimate of drug-likeness (QED) is 0.232. The highest BCUT2D eigenvalue weighted by molar-refractivity contribution is 6.39. The number of halogens is 3. The molecule has 0 amide bonds. The van der Waals surface area contributed by atoms with Gasteiger partial charge in [-0.1, -0.05) is 0 Å². The van der Waals surface area contributed by atoms with Gasteiger partial charge in [-0.15, -0.1) is 0 Å². The first kappa shape index (κ1) is 24.5. The molecular weight excluding hydrogens is 451 g/mol. The first-order valence-electron chi connectivity index (χ1n) is 9.99. The Kier molecular flexibility index (Phi) is 7.67. The molecule has 0 aliphatic rings. The number of aromatic nitrogens is 2.